The van der Waals surface area contributed by atoms with Crippen LogP contribution in [0.1, 0.15) is 36.7 Å². The largest absolute Gasteiger partial charge is 0.375 e. The maximum absolute atomic E-state index is 6.31. The van der Waals surface area contributed by atoms with E-state index in [4.69, 9.17) is 22.2 Å². The fourth-order valence-corrected chi connectivity index (χ4v) is 2.75. The molecule has 0 saturated carbocycles. The monoisotopic (exact) mass is 308 g/mol. The number of hydrogen-bond donors (Lipinski definition) is 2. The third-order valence-electron chi connectivity index (χ3n) is 3.43. The molecule has 114 valence electrons. The van der Waals surface area contributed by atoms with Gasteiger partial charge in [0.1, 0.15) is 6.10 Å². The van der Waals surface area contributed by atoms with Crippen LogP contribution in [0.2, 0.25) is 5.02 Å². The molecule has 0 radical (unpaired) electrons. The molecule has 1 aromatic carbocycles. The van der Waals surface area contributed by atoms with Gasteiger partial charge in [-0.1, -0.05) is 48.9 Å². The van der Waals surface area contributed by atoms with E-state index in [-0.39, 0.29) is 12.1 Å². The van der Waals surface area contributed by atoms with Crippen molar-refractivity contribution in [2.45, 2.75) is 32.0 Å². The molecule has 1 aromatic heterocycles. The van der Waals surface area contributed by atoms with Gasteiger partial charge in [-0.25, -0.2) is 5.43 Å². The molecule has 3 N–H and O–H groups in total. The van der Waals surface area contributed by atoms with Crippen LogP contribution < -0.4 is 11.3 Å². The summed E-state index contributed by atoms with van der Waals surface area (Å²) in [5, 5.41) is 4.91. The summed E-state index contributed by atoms with van der Waals surface area (Å²) in [6, 6.07) is 9.65. The number of hydrogen-bond acceptors (Lipinski definition) is 4. The standard InChI is InChI=1S/C15H21ClN4O/c1-3-9-20-14(12(16)10-18-20)13(19-17)15(21-2)11-7-5-4-6-8-11/h4-8,10,13,15,19H,3,9,17H2,1-2H3. The highest BCUT2D eigenvalue weighted by atomic mass is 35.5. The number of methoxy groups -OCH3 is 1. The predicted octanol–water partition coefficient (Wildman–Crippen LogP) is 2.84. The molecular weight excluding hydrogens is 288 g/mol. The summed E-state index contributed by atoms with van der Waals surface area (Å²) >= 11 is 6.31. The lowest BCUT2D eigenvalue weighted by Gasteiger charge is -2.27. The number of benzene rings is 1. The first-order valence-electron chi connectivity index (χ1n) is 6.98. The zero-order valence-electron chi connectivity index (χ0n) is 12.3. The summed E-state index contributed by atoms with van der Waals surface area (Å²) in [6.07, 6.45) is 2.36. The lowest BCUT2D eigenvalue weighted by molar-refractivity contribution is 0.0646. The second-order valence-electron chi connectivity index (χ2n) is 4.81. The number of aryl methyl sites for hydroxylation is 1. The van der Waals surface area contributed by atoms with E-state index in [9.17, 15) is 0 Å². The van der Waals surface area contributed by atoms with E-state index < -0.39 is 0 Å². The Kier molecular flexibility index (Phi) is 5.76. The molecule has 2 aromatic rings. The van der Waals surface area contributed by atoms with Gasteiger partial charge in [0.05, 0.1) is 23.0 Å². The van der Waals surface area contributed by atoms with Gasteiger partial charge < -0.3 is 4.74 Å². The maximum atomic E-state index is 6.31. The third-order valence-corrected chi connectivity index (χ3v) is 3.72. The lowest BCUT2D eigenvalue weighted by atomic mass is 10.00. The average molecular weight is 309 g/mol. The van der Waals surface area contributed by atoms with Crippen LogP contribution in [0, 0.1) is 0 Å². The number of halogens is 1. The van der Waals surface area contributed by atoms with E-state index in [1.807, 2.05) is 35.0 Å². The summed E-state index contributed by atoms with van der Waals surface area (Å²) in [7, 11) is 1.66. The molecule has 0 fully saturated rings. The summed E-state index contributed by atoms with van der Waals surface area (Å²) in [4.78, 5) is 0. The molecule has 2 rings (SSSR count). The van der Waals surface area contributed by atoms with E-state index in [1.165, 1.54) is 0 Å². The predicted molar refractivity (Wildman–Crippen MR) is 83.8 cm³/mol. The zero-order chi connectivity index (χ0) is 15.2. The van der Waals surface area contributed by atoms with Gasteiger partial charge in [0.15, 0.2) is 0 Å². The Morgan fingerprint density at radius 1 is 1.38 bits per heavy atom. The van der Waals surface area contributed by atoms with Crippen molar-refractivity contribution < 1.29 is 4.74 Å². The quantitative estimate of drug-likeness (QED) is 0.610. The molecule has 2 atom stereocenters. The second-order valence-corrected chi connectivity index (χ2v) is 5.22. The Hall–Kier alpha value is -1.40. The van der Waals surface area contributed by atoms with Gasteiger partial charge in [0, 0.05) is 13.7 Å². The van der Waals surface area contributed by atoms with E-state index in [1.54, 1.807) is 13.3 Å². The van der Waals surface area contributed by atoms with Crippen LogP contribution in [-0.4, -0.2) is 16.9 Å². The third kappa shape index (κ3) is 3.44. The van der Waals surface area contributed by atoms with Crippen molar-refractivity contribution in [1.29, 1.82) is 0 Å². The molecule has 2 unspecified atom stereocenters. The van der Waals surface area contributed by atoms with Crippen molar-refractivity contribution in [3.05, 3.63) is 52.8 Å². The van der Waals surface area contributed by atoms with E-state index >= 15 is 0 Å². The summed E-state index contributed by atoms with van der Waals surface area (Å²) in [5.74, 6) is 5.78. The summed E-state index contributed by atoms with van der Waals surface area (Å²) < 4.78 is 7.54. The molecule has 21 heavy (non-hydrogen) atoms. The summed E-state index contributed by atoms with van der Waals surface area (Å²) in [5.41, 5.74) is 4.70. The van der Waals surface area contributed by atoms with E-state index in [0.29, 0.717) is 5.02 Å². The van der Waals surface area contributed by atoms with E-state index in [0.717, 1.165) is 24.2 Å². The highest BCUT2D eigenvalue weighted by molar-refractivity contribution is 6.31. The molecule has 5 nitrogen and oxygen atoms in total. The number of nitrogens with two attached hydrogens (primary N) is 1. The van der Waals surface area contributed by atoms with Crippen LogP contribution in [0.4, 0.5) is 0 Å². The van der Waals surface area contributed by atoms with Gasteiger partial charge in [-0.05, 0) is 12.0 Å². The first-order valence-corrected chi connectivity index (χ1v) is 7.35. The Labute approximate surface area is 130 Å². The van der Waals surface area contributed by atoms with Crippen LogP contribution in [0.3, 0.4) is 0 Å². The molecule has 0 spiro atoms. The van der Waals surface area contributed by atoms with Crippen LogP contribution in [0.15, 0.2) is 36.5 Å². The minimum Gasteiger partial charge on any atom is -0.375 e. The normalized spacial score (nSPS) is 14.1. The number of rotatable bonds is 7. The van der Waals surface area contributed by atoms with Gasteiger partial charge in [0.2, 0.25) is 0 Å². The Bertz CT molecular complexity index is 558. The molecular formula is C15H21ClN4O. The van der Waals surface area contributed by atoms with Crippen molar-refractivity contribution in [2.75, 3.05) is 7.11 Å². The van der Waals surface area contributed by atoms with Crippen LogP contribution in [0.5, 0.6) is 0 Å². The fourth-order valence-electron chi connectivity index (χ4n) is 2.49. The van der Waals surface area contributed by atoms with Gasteiger partial charge in [0.25, 0.3) is 0 Å². The van der Waals surface area contributed by atoms with Crippen molar-refractivity contribution in [2.24, 2.45) is 5.84 Å². The van der Waals surface area contributed by atoms with Gasteiger partial charge in [-0.2, -0.15) is 5.10 Å². The SMILES string of the molecule is CCCn1ncc(Cl)c1C(NN)C(OC)c1ccccc1. The first kappa shape index (κ1) is 16.0. The van der Waals surface area contributed by atoms with E-state index in [2.05, 4.69) is 17.4 Å². The van der Waals surface area contributed by atoms with Crippen LogP contribution in [0.25, 0.3) is 0 Å². The lowest BCUT2D eigenvalue weighted by Crippen LogP contribution is -2.35. The molecule has 0 aliphatic carbocycles. The van der Waals surface area contributed by atoms with Crippen molar-refractivity contribution in [3.8, 4) is 0 Å². The average Bonchev–Trinajstić information content (AvgIpc) is 2.87. The number of aromatic nitrogens is 2. The molecule has 0 saturated heterocycles. The first-order chi connectivity index (χ1) is 10.2. The smallest absolute Gasteiger partial charge is 0.104 e. The molecule has 0 aliphatic rings. The van der Waals surface area contributed by atoms with Gasteiger partial charge in [-0.15, -0.1) is 0 Å². The zero-order valence-corrected chi connectivity index (χ0v) is 13.0. The number of ether oxygens (including phenoxy) is 1. The van der Waals surface area contributed by atoms with Crippen LogP contribution >= 0.6 is 11.6 Å². The topological polar surface area (TPSA) is 65.1 Å². The highest BCUT2D eigenvalue weighted by Gasteiger charge is 2.29. The highest BCUT2D eigenvalue weighted by Crippen LogP contribution is 2.34. The molecule has 1 heterocycles. The summed E-state index contributed by atoms with van der Waals surface area (Å²) in [6.45, 7) is 2.88. The van der Waals surface area contributed by atoms with Crippen LogP contribution in [-0.2, 0) is 11.3 Å². The molecule has 0 aliphatic heterocycles. The Morgan fingerprint density at radius 3 is 2.67 bits per heavy atom. The van der Waals surface area contributed by atoms with Gasteiger partial charge in [-0.3, -0.25) is 10.5 Å². The minimum atomic E-state index is -0.279. The number of hydrazine groups is 1. The number of nitrogens with zero attached hydrogens (tertiary/aromatic N) is 2. The molecule has 0 bridgehead atoms. The second kappa shape index (κ2) is 7.56. The Morgan fingerprint density at radius 2 is 2.10 bits per heavy atom. The van der Waals surface area contributed by atoms with Crippen molar-refractivity contribution >= 4 is 11.6 Å². The Balaban J connectivity index is 2.40. The number of nitrogens with one attached hydrogen (secondary N) is 1. The minimum absolute atomic E-state index is 0.249. The van der Waals surface area contributed by atoms with Crippen molar-refractivity contribution in [1.82, 2.24) is 15.2 Å². The fraction of sp³-hybridized carbons (Fsp3) is 0.400. The maximum Gasteiger partial charge on any atom is 0.104 e. The molecule has 0 amide bonds. The van der Waals surface area contributed by atoms with Crippen molar-refractivity contribution in [3.63, 3.8) is 0 Å². The van der Waals surface area contributed by atoms with Gasteiger partial charge >= 0.3 is 0 Å². The molecule has 6 heteroatoms.